The monoisotopic (exact) mass is 349 g/mol. The summed E-state index contributed by atoms with van der Waals surface area (Å²) in [5.41, 5.74) is 0.997. The first kappa shape index (κ1) is 17.7. The van der Waals surface area contributed by atoms with E-state index >= 15 is 0 Å². The molecule has 24 heavy (non-hydrogen) atoms. The Bertz CT molecular complexity index is 767. The predicted octanol–water partition coefficient (Wildman–Crippen LogP) is 3.50. The van der Waals surface area contributed by atoms with Crippen LogP contribution in [0.25, 0.3) is 0 Å². The van der Waals surface area contributed by atoms with Gasteiger partial charge in [0.05, 0.1) is 5.56 Å². The van der Waals surface area contributed by atoms with Crippen LogP contribution >= 0.6 is 11.6 Å². The second-order valence-corrected chi connectivity index (χ2v) is 5.56. The molecule has 2 N–H and O–H groups in total. The molecule has 0 saturated heterocycles. The SMILES string of the molecule is CNC(=O)c1cc(NC(=O)N(C)Cc2ccccc2Cl)ccc1F. The number of anilines is 1. The fourth-order valence-corrected chi connectivity index (χ4v) is 2.28. The molecule has 2 rings (SSSR count). The summed E-state index contributed by atoms with van der Waals surface area (Å²) in [6.07, 6.45) is 0. The van der Waals surface area contributed by atoms with Crippen molar-refractivity contribution in [1.82, 2.24) is 10.2 Å². The number of urea groups is 1. The maximum Gasteiger partial charge on any atom is 0.321 e. The van der Waals surface area contributed by atoms with Gasteiger partial charge in [0.2, 0.25) is 0 Å². The lowest BCUT2D eigenvalue weighted by Gasteiger charge is -2.19. The van der Waals surface area contributed by atoms with Crippen LogP contribution in [0.3, 0.4) is 0 Å². The third kappa shape index (κ3) is 4.23. The molecule has 0 heterocycles. The lowest BCUT2D eigenvalue weighted by atomic mass is 10.1. The highest BCUT2D eigenvalue weighted by Gasteiger charge is 2.14. The lowest BCUT2D eigenvalue weighted by Crippen LogP contribution is -2.31. The van der Waals surface area contributed by atoms with E-state index in [0.717, 1.165) is 11.6 Å². The summed E-state index contributed by atoms with van der Waals surface area (Å²) in [6, 6.07) is 10.6. The first-order valence-corrected chi connectivity index (χ1v) is 7.57. The van der Waals surface area contributed by atoms with Crippen molar-refractivity contribution < 1.29 is 14.0 Å². The van der Waals surface area contributed by atoms with Gasteiger partial charge < -0.3 is 15.5 Å². The van der Waals surface area contributed by atoms with Gasteiger partial charge in [0.25, 0.3) is 5.91 Å². The molecule has 0 radical (unpaired) electrons. The van der Waals surface area contributed by atoms with Gasteiger partial charge in [0, 0.05) is 31.4 Å². The average Bonchev–Trinajstić information content (AvgIpc) is 2.57. The Morgan fingerprint density at radius 3 is 2.58 bits per heavy atom. The van der Waals surface area contributed by atoms with Gasteiger partial charge in [0.15, 0.2) is 0 Å². The largest absolute Gasteiger partial charge is 0.355 e. The standard InChI is InChI=1S/C17H17ClFN3O2/c1-20-16(23)13-9-12(7-8-15(13)19)21-17(24)22(2)10-11-5-3-4-6-14(11)18/h3-9H,10H2,1-2H3,(H,20,23)(H,21,24). The topological polar surface area (TPSA) is 61.4 Å². The Morgan fingerprint density at radius 1 is 1.21 bits per heavy atom. The molecule has 0 atom stereocenters. The highest BCUT2D eigenvalue weighted by Crippen LogP contribution is 2.18. The van der Waals surface area contributed by atoms with Crippen LogP contribution in [0.2, 0.25) is 5.02 Å². The number of nitrogens with zero attached hydrogens (tertiary/aromatic N) is 1. The molecular weight excluding hydrogens is 333 g/mol. The Kier molecular flexibility index (Phi) is 5.76. The summed E-state index contributed by atoms with van der Waals surface area (Å²) < 4.78 is 13.6. The van der Waals surface area contributed by atoms with Crippen LogP contribution in [0.15, 0.2) is 42.5 Å². The number of carbonyl (C=O) groups excluding carboxylic acids is 2. The van der Waals surface area contributed by atoms with Crippen LogP contribution < -0.4 is 10.6 Å². The molecule has 0 aromatic heterocycles. The normalized spacial score (nSPS) is 10.2. The maximum absolute atomic E-state index is 13.6. The molecule has 3 amide bonds. The Morgan fingerprint density at radius 2 is 1.92 bits per heavy atom. The average molecular weight is 350 g/mol. The van der Waals surface area contributed by atoms with E-state index in [2.05, 4.69) is 10.6 Å². The van der Waals surface area contributed by atoms with Gasteiger partial charge in [-0.05, 0) is 29.8 Å². The fourth-order valence-electron chi connectivity index (χ4n) is 2.08. The van der Waals surface area contributed by atoms with Crippen LogP contribution in [0.4, 0.5) is 14.9 Å². The molecule has 0 bridgehead atoms. The number of carbonyl (C=O) groups is 2. The van der Waals surface area contributed by atoms with Crippen LogP contribution in [0.1, 0.15) is 15.9 Å². The van der Waals surface area contributed by atoms with E-state index in [9.17, 15) is 14.0 Å². The van der Waals surface area contributed by atoms with Crippen molar-refractivity contribution >= 4 is 29.2 Å². The number of hydrogen-bond acceptors (Lipinski definition) is 2. The van der Waals surface area contributed by atoms with E-state index in [1.54, 1.807) is 13.1 Å². The van der Waals surface area contributed by atoms with Crippen LogP contribution in [-0.2, 0) is 6.54 Å². The van der Waals surface area contributed by atoms with Gasteiger partial charge in [-0.1, -0.05) is 29.8 Å². The van der Waals surface area contributed by atoms with E-state index in [1.807, 2.05) is 18.2 Å². The molecule has 126 valence electrons. The first-order valence-electron chi connectivity index (χ1n) is 7.19. The molecule has 0 saturated carbocycles. The molecule has 2 aromatic rings. The summed E-state index contributed by atoms with van der Waals surface area (Å²) in [4.78, 5) is 25.3. The van der Waals surface area contributed by atoms with E-state index in [1.165, 1.54) is 24.1 Å². The molecule has 0 fully saturated rings. The molecule has 0 aliphatic rings. The summed E-state index contributed by atoms with van der Waals surface area (Å²) in [7, 11) is 3.02. The number of benzene rings is 2. The van der Waals surface area contributed by atoms with E-state index in [4.69, 9.17) is 11.6 Å². The quantitative estimate of drug-likeness (QED) is 0.887. The third-order valence-corrected chi connectivity index (χ3v) is 3.77. The number of amides is 3. The summed E-state index contributed by atoms with van der Waals surface area (Å²) in [6.45, 7) is 0.314. The Balaban J connectivity index is 2.09. The van der Waals surface area contributed by atoms with E-state index in [-0.39, 0.29) is 5.56 Å². The number of nitrogens with one attached hydrogen (secondary N) is 2. The van der Waals surface area contributed by atoms with Crippen LogP contribution in [0.5, 0.6) is 0 Å². The van der Waals surface area contributed by atoms with Crippen LogP contribution in [0, 0.1) is 5.82 Å². The zero-order valence-corrected chi connectivity index (χ0v) is 14.0. The highest BCUT2D eigenvalue weighted by atomic mass is 35.5. The van der Waals surface area contributed by atoms with Gasteiger partial charge in [-0.15, -0.1) is 0 Å². The second kappa shape index (κ2) is 7.79. The molecule has 2 aromatic carbocycles. The molecule has 0 spiro atoms. The lowest BCUT2D eigenvalue weighted by molar-refractivity contribution is 0.0959. The predicted molar refractivity (Wildman–Crippen MR) is 91.7 cm³/mol. The number of hydrogen-bond donors (Lipinski definition) is 2. The third-order valence-electron chi connectivity index (χ3n) is 3.40. The second-order valence-electron chi connectivity index (χ2n) is 5.15. The van der Waals surface area contributed by atoms with Gasteiger partial charge in [-0.2, -0.15) is 0 Å². The van der Waals surface area contributed by atoms with Gasteiger partial charge >= 0.3 is 6.03 Å². The van der Waals surface area contributed by atoms with Crippen molar-refractivity contribution in [1.29, 1.82) is 0 Å². The minimum absolute atomic E-state index is 0.135. The number of rotatable bonds is 4. The fraction of sp³-hybridized carbons (Fsp3) is 0.176. The van der Waals surface area contributed by atoms with Gasteiger partial charge in [0.1, 0.15) is 5.82 Å². The molecule has 5 nitrogen and oxygen atoms in total. The summed E-state index contributed by atoms with van der Waals surface area (Å²) in [5, 5.41) is 5.54. The first-order chi connectivity index (χ1) is 11.4. The van der Waals surface area contributed by atoms with Crippen LogP contribution in [-0.4, -0.2) is 30.9 Å². The zero-order valence-electron chi connectivity index (χ0n) is 13.3. The van der Waals surface area contributed by atoms with Crippen molar-refractivity contribution in [2.45, 2.75) is 6.54 Å². The van der Waals surface area contributed by atoms with Crippen molar-refractivity contribution in [3.8, 4) is 0 Å². The van der Waals surface area contributed by atoms with E-state index < -0.39 is 17.8 Å². The minimum atomic E-state index is -0.656. The van der Waals surface area contributed by atoms with Crippen molar-refractivity contribution in [3.05, 3.63) is 64.4 Å². The van der Waals surface area contributed by atoms with Gasteiger partial charge in [-0.25, -0.2) is 9.18 Å². The summed E-state index contributed by atoms with van der Waals surface area (Å²) in [5.74, 6) is -1.22. The molecule has 0 aliphatic heterocycles. The van der Waals surface area contributed by atoms with Crippen molar-refractivity contribution in [2.75, 3.05) is 19.4 Å². The molecule has 0 unspecified atom stereocenters. The molecular formula is C17H17ClFN3O2. The molecule has 0 aliphatic carbocycles. The van der Waals surface area contributed by atoms with E-state index in [0.29, 0.717) is 17.3 Å². The van der Waals surface area contributed by atoms with Crippen molar-refractivity contribution in [2.24, 2.45) is 0 Å². The Labute approximate surface area is 144 Å². The van der Waals surface area contributed by atoms with Gasteiger partial charge in [-0.3, -0.25) is 4.79 Å². The number of halogens is 2. The smallest absolute Gasteiger partial charge is 0.321 e. The summed E-state index contributed by atoms with van der Waals surface area (Å²) >= 11 is 6.08. The zero-order chi connectivity index (χ0) is 17.7. The highest BCUT2D eigenvalue weighted by molar-refractivity contribution is 6.31. The Hall–Kier alpha value is -2.60. The molecule has 7 heteroatoms. The maximum atomic E-state index is 13.6. The minimum Gasteiger partial charge on any atom is -0.355 e. The van der Waals surface area contributed by atoms with Crippen molar-refractivity contribution in [3.63, 3.8) is 0 Å².